The van der Waals surface area contributed by atoms with Crippen molar-refractivity contribution in [3.63, 3.8) is 0 Å². The summed E-state index contributed by atoms with van der Waals surface area (Å²) in [5.74, 6) is 1.26. The summed E-state index contributed by atoms with van der Waals surface area (Å²) in [6.45, 7) is 1.92. The Balaban J connectivity index is 2.35. The molecule has 0 amide bonds. The van der Waals surface area contributed by atoms with Crippen molar-refractivity contribution in [3.05, 3.63) is 52.3 Å². The van der Waals surface area contributed by atoms with Crippen molar-refractivity contribution >= 4 is 33.1 Å². The predicted octanol–water partition coefficient (Wildman–Crippen LogP) is 3.58. The Morgan fingerprint density at radius 1 is 1.33 bits per heavy atom. The van der Waals surface area contributed by atoms with Gasteiger partial charge in [-0.2, -0.15) is 0 Å². The van der Waals surface area contributed by atoms with Crippen molar-refractivity contribution in [2.45, 2.75) is 6.92 Å². The number of nitrogens with zero attached hydrogens (tertiary/aromatic N) is 1. The summed E-state index contributed by atoms with van der Waals surface area (Å²) in [6.07, 6.45) is 1.67. The van der Waals surface area contributed by atoms with Crippen molar-refractivity contribution < 1.29 is 4.74 Å². The van der Waals surface area contributed by atoms with Crippen LogP contribution in [0.4, 0.5) is 0 Å². The lowest BCUT2D eigenvalue weighted by molar-refractivity contribution is 0.478. The molecule has 3 nitrogen and oxygen atoms in total. The summed E-state index contributed by atoms with van der Waals surface area (Å²) >= 11 is 8.39. The van der Waals surface area contributed by atoms with Crippen molar-refractivity contribution in [2.24, 2.45) is 5.73 Å². The van der Waals surface area contributed by atoms with Crippen LogP contribution in [0.3, 0.4) is 0 Å². The zero-order valence-electron chi connectivity index (χ0n) is 9.68. The number of hydrogen-bond donors (Lipinski definition) is 1. The second kappa shape index (κ2) is 5.46. The van der Waals surface area contributed by atoms with E-state index in [1.54, 1.807) is 6.20 Å². The van der Waals surface area contributed by atoms with Gasteiger partial charge in [-0.15, -0.1) is 0 Å². The molecule has 0 saturated carbocycles. The monoisotopic (exact) mass is 322 g/mol. The minimum Gasteiger partial charge on any atom is -0.455 e. The highest BCUT2D eigenvalue weighted by atomic mass is 79.9. The summed E-state index contributed by atoms with van der Waals surface area (Å²) in [5, 5.41) is 0. The van der Waals surface area contributed by atoms with E-state index in [0.29, 0.717) is 22.1 Å². The van der Waals surface area contributed by atoms with E-state index in [2.05, 4.69) is 20.9 Å². The van der Waals surface area contributed by atoms with E-state index in [1.807, 2.05) is 37.3 Å². The number of hydrogen-bond acceptors (Lipinski definition) is 3. The van der Waals surface area contributed by atoms with Crippen molar-refractivity contribution in [1.82, 2.24) is 4.98 Å². The van der Waals surface area contributed by atoms with Gasteiger partial charge in [0, 0.05) is 10.2 Å². The van der Waals surface area contributed by atoms with E-state index in [4.69, 9.17) is 22.7 Å². The second-order valence-electron chi connectivity index (χ2n) is 3.74. The zero-order valence-corrected chi connectivity index (χ0v) is 12.1. The quantitative estimate of drug-likeness (QED) is 0.877. The van der Waals surface area contributed by atoms with Crippen LogP contribution in [0.25, 0.3) is 0 Å². The van der Waals surface area contributed by atoms with E-state index >= 15 is 0 Å². The fourth-order valence-electron chi connectivity index (χ4n) is 1.43. The molecule has 0 spiro atoms. The zero-order chi connectivity index (χ0) is 13.1. The van der Waals surface area contributed by atoms with Gasteiger partial charge in [0.2, 0.25) is 0 Å². The van der Waals surface area contributed by atoms with Gasteiger partial charge in [-0.05, 0) is 37.3 Å². The second-order valence-corrected chi connectivity index (χ2v) is 5.10. The fraction of sp³-hybridized carbons (Fsp3) is 0.0769. The highest BCUT2D eigenvalue weighted by Crippen LogP contribution is 2.28. The first-order valence-corrected chi connectivity index (χ1v) is 6.46. The SMILES string of the molecule is Cc1ccc(Oc2cc(Br)ccc2C(N)=S)cn1. The molecule has 2 rings (SSSR count). The Morgan fingerprint density at radius 3 is 2.72 bits per heavy atom. The highest BCUT2D eigenvalue weighted by molar-refractivity contribution is 9.10. The van der Waals surface area contributed by atoms with Gasteiger partial charge in [-0.25, -0.2) is 0 Å². The van der Waals surface area contributed by atoms with E-state index in [9.17, 15) is 0 Å². The number of aryl methyl sites for hydroxylation is 1. The number of rotatable bonds is 3. The highest BCUT2D eigenvalue weighted by Gasteiger charge is 2.08. The molecule has 0 radical (unpaired) electrons. The van der Waals surface area contributed by atoms with Crippen LogP contribution < -0.4 is 10.5 Å². The average molecular weight is 323 g/mol. The maximum Gasteiger partial charge on any atom is 0.145 e. The van der Waals surface area contributed by atoms with Gasteiger partial charge in [-0.1, -0.05) is 28.1 Å². The van der Waals surface area contributed by atoms with Crippen LogP contribution in [0.15, 0.2) is 41.0 Å². The topological polar surface area (TPSA) is 48.1 Å². The maximum absolute atomic E-state index is 5.75. The molecule has 2 N–H and O–H groups in total. The van der Waals surface area contributed by atoms with Gasteiger partial charge in [0.15, 0.2) is 0 Å². The average Bonchev–Trinajstić information content (AvgIpc) is 2.32. The lowest BCUT2D eigenvalue weighted by Crippen LogP contribution is -2.10. The van der Waals surface area contributed by atoms with E-state index in [0.717, 1.165) is 10.2 Å². The molecule has 0 aliphatic rings. The Bertz CT molecular complexity index is 584. The summed E-state index contributed by atoms with van der Waals surface area (Å²) in [4.78, 5) is 4.47. The third kappa shape index (κ3) is 3.05. The molecule has 1 aromatic carbocycles. The first kappa shape index (κ1) is 13.0. The van der Waals surface area contributed by atoms with E-state index < -0.39 is 0 Å². The Morgan fingerprint density at radius 2 is 2.11 bits per heavy atom. The largest absolute Gasteiger partial charge is 0.455 e. The van der Waals surface area contributed by atoms with Gasteiger partial charge in [0.1, 0.15) is 16.5 Å². The summed E-state index contributed by atoms with van der Waals surface area (Å²) in [5.41, 5.74) is 7.30. The molecule has 1 heterocycles. The minimum atomic E-state index is 0.303. The Hall–Kier alpha value is -1.46. The standard InChI is InChI=1S/C13H11BrN2OS/c1-8-2-4-10(7-16-8)17-12-6-9(14)3-5-11(12)13(15)18/h2-7H,1H3,(H2,15,18). The van der Waals surface area contributed by atoms with Crippen molar-refractivity contribution in [2.75, 3.05) is 0 Å². The first-order chi connectivity index (χ1) is 8.56. The molecule has 0 aliphatic heterocycles. The Labute approximate surface area is 119 Å². The first-order valence-electron chi connectivity index (χ1n) is 5.26. The van der Waals surface area contributed by atoms with Crippen LogP contribution in [0.5, 0.6) is 11.5 Å². The molecular weight excluding hydrogens is 312 g/mol. The van der Waals surface area contributed by atoms with Crippen LogP contribution in [0, 0.1) is 6.92 Å². The lowest BCUT2D eigenvalue weighted by atomic mass is 10.2. The van der Waals surface area contributed by atoms with Gasteiger partial charge in [0.25, 0.3) is 0 Å². The van der Waals surface area contributed by atoms with Crippen LogP contribution in [0.2, 0.25) is 0 Å². The number of thiocarbonyl (C=S) groups is 1. The van der Waals surface area contributed by atoms with Crippen molar-refractivity contribution in [1.29, 1.82) is 0 Å². The molecule has 0 aliphatic carbocycles. The van der Waals surface area contributed by atoms with E-state index in [-0.39, 0.29) is 0 Å². The van der Waals surface area contributed by atoms with E-state index in [1.165, 1.54) is 0 Å². The van der Waals surface area contributed by atoms with Gasteiger partial charge < -0.3 is 10.5 Å². The summed E-state index contributed by atoms with van der Waals surface area (Å²) in [7, 11) is 0. The van der Waals surface area contributed by atoms with Crippen LogP contribution >= 0.6 is 28.1 Å². The molecule has 0 fully saturated rings. The number of nitrogens with two attached hydrogens (primary N) is 1. The molecular formula is C13H11BrN2OS. The molecule has 5 heteroatoms. The van der Waals surface area contributed by atoms with Gasteiger partial charge in [0.05, 0.1) is 11.8 Å². The molecule has 0 saturated heterocycles. The molecule has 0 unspecified atom stereocenters. The molecule has 2 aromatic rings. The van der Waals surface area contributed by atoms with Crippen LogP contribution in [-0.4, -0.2) is 9.97 Å². The number of halogens is 1. The fourth-order valence-corrected chi connectivity index (χ4v) is 1.93. The molecule has 1 aromatic heterocycles. The van der Waals surface area contributed by atoms with Gasteiger partial charge >= 0.3 is 0 Å². The maximum atomic E-state index is 5.75. The summed E-state index contributed by atoms with van der Waals surface area (Å²) in [6, 6.07) is 9.26. The number of aromatic nitrogens is 1. The molecule has 92 valence electrons. The number of benzene rings is 1. The smallest absolute Gasteiger partial charge is 0.145 e. The normalized spacial score (nSPS) is 10.1. The Kier molecular flexibility index (Phi) is 3.93. The third-order valence-corrected chi connectivity index (χ3v) is 3.03. The minimum absolute atomic E-state index is 0.303. The lowest BCUT2D eigenvalue weighted by Gasteiger charge is -2.10. The van der Waals surface area contributed by atoms with Gasteiger partial charge in [-0.3, -0.25) is 4.98 Å². The molecule has 0 bridgehead atoms. The van der Waals surface area contributed by atoms with Crippen molar-refractivity contribution in [3.8, 4) is 11.5 Å². The molecule has 0 atom stereocenters. The van der Waals surface area contributed by atoms with Crippen LogP contribution in [-0.2, 0) is 0 Å². The van der Waals surface area contributed by atoms with Crippen LogP contribution in [0.1, 0.15) is 11.3 Å². The predicted molar refractivity (Wildman–Crippen MR) is 79.1 cm³/mol. The third-order valence-electron chi connectivity index (χ3n) is 2.32. The summed E-state index contributed by atoms with van der Waals surface area (Å²) < 4.78 is 6.65. The molecule has 18 heavy (non-hydrogen) atoms. The number of pyridine rings is 1. The number of ether oxygens (including phenoxy) is 1.